The van der Waals surface area contributed by atoms with E-state index >= 15 is 0 Å². The van der Waals surface area contributed by atoms with Gasteiger partial charge in [0.2, 0.25) is 5.76 Å². The van der Waals surface area contributed by atoms with Crippen molar-refractivity contribution in [3.8, 4) is 5.75 Å². The zero-order valence-electron chi connectivity index (χ0n) is 17.3. The molecule has 2 rings (SSSR count). The second kappa shape index (κ2) is 11.5. The second-order valence-corrected chi connectivity index (χ2v) is 6.11. The lowest BCUT2D eigenvalue weighted by atomic mass is 10.1. The number of esters is 1. The molecule has 0 aliphatic heterocycles. The lowest BCUT2D eigenvalue weighted by Crippen LogP contribution is -2.13. The first-order valence-electron chi connectivity index (χ1n) is 9.48. The number of rotatable bonds is 10. The highest BCUT2D eigenvalue weighted by atomic mass is 16.6. The van der Waals surface area contributed by atoms with Gasteiger partial charge in [0.05, 0.1) is 13.2 Å². The molecule has 154 valence electrons. The molecule has 6 nitrogen and oxygen atoms in total. The fourth-order valence-electron chi connectivity index (χ4n) is 2.58. The Morgan fingerprint density at radius 3 is 2.38 bits per heavy atom. The molecule has 29 heavy (non-hydrogen) atoms. The summed E-state index contributed by atoms with van der Waals surface area (Å²) in [4.78, 5) is 16.9. The van der Waals surface area contributed by atoms with E-state index in [0.717, 1.165) is 16.7 Å². The first-order valence-corrected chi connectivity index (χ1v) is 9.48. The van der Waals surface area contributed by atoms with Crippen molar-refractivity contribution in [3.05, 3.63) is 71.0 Å². The molecule has 0 aliphatic carbocycles. The predicted octanol–water partition coefficient (Wildman–Crippen LogP) is 4.37. The minimum absolute atomic E-state index is 0.178. The van der Waals surface area contributed by atoms with Crippen LogP contribution >= 0.6 is 0 Å². The van der Waals surface area contributed by atoms with Gasteiger partial charge in [0.15, 0.2) is 0 Å². The van der Waals surface area contributed by atoms with Crippen LogP contribution < -0.4 is 4.74 Å². The Morgan fingerprint density at radius 1 is 1.03 bits per heavy atom. The van der Waals surface area contributed by atoms with Crippen LogP contribution in [0.2, 0.25) is 0 Å². The Bertz CT molecular complexity index is 856. The summed E-state index contributed by atoms with van der Waals surface area (Å²) in [6.45, 7) is 6.53. The molecule has 0 aliphatic rings. The topological polar surface area (TPSA) is 66.4 Å². The van der Waals surface area contributed by atoms with Crippen LogP contribution in [-0.2, 0) is 19.1 Å². The van der Waals surface area contributed by atoms with Gasteiger partial charge in [-0.25, -0.2) is 4.79 Å². The number of carbonyl (C=O) groups excluding carboxylic acids is 1. The quantitative estimate of drug-likeness (QED) is 0.196. The van der Waals surface area contributed by atoms with E-state index in [1.165, 1.54) is 7.11 Å². The van der Waals surface area contributed by atoms with Gasteiger partial charge >= 0.3 is 5.97 Å². The highest BCUT2D eigenvalue weighted by Gasteiger charge is 2.12. The van der Waals surface area contributed by atoms with Gasteiger partial charge in [0.1, 0.15) is 25.2 Å². The van der Waals surface area contributed by atoms with Gasteiger partial charge in [-0.15, -0.1) is 0 Å². The van der Waals surface area contributed by atoms with Crippen molar-refractivity contribution < 1.29 is 23.8 Å². The number of benzene rings is 2. The average Bonchev–Trinajstić information content (AvgIpc) is 2.72. The van der Waals surface area contributed by atoms with E-state index < -0.39 is 5.97 Å². The summed E-state index contributed by atoms with van der Waals surface area (Å²) >= 11 is 0. The SMILES string of the molecule is CCOC(=O)/C(=C/c1ccc(OCC(=NOC)c2cccc(C)c2)cc1)OCC. The van der Waals surface area contributed by atoms with Crippen LogP contribution in [0, 0.1) is 6.92 Å². The zero-order chi connectivity index (χ0) is 21.1. The lowest BCUT2D eigenvalue weighted by Gasteiger charge is -2.10. The summed E-state index contributed by atoms with van der Waals surface area (Å²) in [6.07, 6.45) is 1.65. The summed E-state index contributed by atoms with van der Waals surface area (Å²) in [7, 11) is 1.51. The minimum Gasteiger partial charge on any atom is -0.487 e. The zero-order valence-corrected chi connectivity index (χ0v) is 17.3. The maximum absolute atomic E-state index is 11.9. The van der Waals surface area contributed by atoms with Crippen LogP contribution in [0.4, 0.5) is 0 Å². The van der Waals surface area contributed by atoms with Crippen LogP contribution in [0.25, 0.3) is 6.08 Å². The third-order valence-corrected chi connectivity index (χ3v) is 3.88. The smallest absolute Gasteiger partial charge is 0.373 e. The van der Waals surface area contributed by atoms with Crippen molar-refractivity contribution in [3.63, 3.8) is 0 Å². The molecule has 0 bridgehead atoms. The highest BCUT2D eigenvalue weighted by Crippen LogP contribution is 2.17. The molecule has 0 amide bonds. The van der Waals surface area contributed by atoms with Gasteiger partial charge in [-0.1, -0.05) is 41.1 Å². The molecule has 0 radical (unpaired) electrons. The summed E-state index contributed by atoms with van der Waals surface area (Å²) in [5, 5.41) is 4.08. The first kappa shape index (κ1) is 22.0. The van der Waals surface area contributed by atoms with E-state index in [4.69, 9.17) is 19.0 Å². The van der Waals surface area contributed by atoms with E-state index in [9.17, 15) is 4.79 Å². The van der Waals surface area contributed by atoms with Crippen LogP contribution in [0.15, 0.2) is 59.4 Å². The number of carbonyl (C=O) groups is 1. The van der Waals surface area contributed by atoms with Crippen LogP contribution in [-0.4, -0.2) is 38.6 Å². The van der Waals surface area contributed by atoms with Gasteiger partial charge in [0.25, 0.3) is 0 Å². The maximum Gasteiger partial charge on any atom is 0.373 e. The van der Waals surface area contributed by atoms with Gasteiger partial charge in [-0.05, 0) is 50.6 Å². The summed E-state index contributed by atoms with van der Waals surface area (Å²) in [5.74, 6) is 0.373. The number of oxime groups is 1. The molecule has 6 heteroatoms. The van der Waals surface area contributed by atoms with Crippen molar-refractivity contribution in [1.82, 2.24) is 0 Å². The van der Waals surface area contributed by atoms with Gasteiger partial charge in [-0.2, -0.15) is 0 Å². The number of aryl methyl sites for hydroxylation is 1. The van der Waals surface area contributed by atoms with Gasteiger partial charge < -0.3 is 19.0 Å². The maximum atomic E-state index is 11.9. The Hall–Kier alpha value is -3.28. The summed E-state index contributed by atoms with van der Waals surface area (Å²) in [6, 6.07) is 15.3. The number of hydrogen-bond acceptors (Lipinski definition) is 6. The van der Waals surface area contributed by atoms with E-state index in [0.29, 0.717) is 24.7 Å². The summed E-state index contributed by atoms with van der Waals surface area (Å²) in [5.41, 5.74) is 3.58. The van der Waals surface area contributed by atoms with Crippen LogP contribution in [0.1, 0.15) is 30.5 Å². The van der Waals surface area contributed by atoms with Crippen molar-refractivity contribution in [2.24, 2.45) is 5.16 Å². The predicted molar refractivity (Wildman–Crippen MR) is 113 cm³/mol. The molecule has 0 atom stereocenters. The largest absolute Gasteiger partial charge is 0.487 e. The van der Waals surface area contributed by atoms with Crippen LogP contribution in [0.3, 0.4) is 0 Å². The van der Waals surface area contributed by atoms with Crippen molar-refractivity contribution in [2.45, 2.75) is 20.8 Å². The van der Waals surface area contributed by atoms with E-state index in [1.807, 2.05) is 62.4 Å². The third-order valence-electron chi connectivity index (χ3n) is 3.88. The van der Waals surface area contributed by atoms with Crippen molar-refractivity contribution >= 4 is 17.8 Å². The highest BCUT2D eigenvalue weighted by molar-refractivity contribution is 6.01. The molecule has 0 saturated carbocycles. The molecule has 0 unspecified atom stereocenters. The Morgan fingerprint density at radius 2 is 1.76 bits per heavy atom. The molecule has 0 saturated heterocycles. The second-order valence-electron chi connectivity index (χ2n) is 6.11. The minimum atomic E-state index is -0.478. The monoisotopic (exact) mass is 397 g/mol. The van der Waals surface area contributed by atoms with E-state index in [-0.39, 0.29) is 12.4 Å². The van der Waals surface area contributed by atoms with Crippen molar-refractivity contribution in [2.75, 3.05) is 26.9 Å². The van der Waals surface area contributed by atoms with Gasteiger partial charge in [-0.3, -0.25) is 0 Å². The standard InChI is InChI=1S/C23H27NO5/c1-5-27-22(23(25)28-6-2)15-18-10-12-20(13-11-18)29-16-21(24-26-4)19-9-7-8-17(3)14-19/h7-15H,5-6,16H2,1-4H3/b22-15-,24-21?. The molecule has 0 fully saturated rings. The number of ether oxygens (including phenoxy) is 3. The van der Waals surface area contributed by atoms with Crippen LogP contribution in [0.5, 0.6) is 5.75 Å². The Kier molecular flexibility index (Phi) is 8.76. The molecule has 0 aromatic heterocycles. The number of hydrogen-bond donors (Lipinski definition) is 0. The fraction of sp³-hybridized carbons (Fsp3) is 0.304. The molecule has 2 aromatic carbocycles. The first-order chi connectivity index (χ1) is 14.1. The average molecular weight is 397 g/mol. The summed E-state index contributed by atoms with van der Waals surface area (Å²) < 4.78 is 16.2. The Balaban J connectivity index is 2.08. The van der Waals surface area contributed by atoms with Gasteiger partial charge in [0, 0.05) is 5.56 Å². The molecule has 0 heterocycles. The molecular formula is C23H27NO5. The fourth-order valence-corrected chi connectivity index (χ4v) is 2.58. The lowest BCUT2D eigenvalue weighted by molar-refractivity contribution is -0.142. The Labute approximate surface area is 171 Å². The molecular weight excluding hydrogens is 370 g/mol. The molecule has 0 N–H and O–H groups in total. The molecule has 0 spiro atoms. The molecule has 2 aromatic rings. The normalized spacial score (nSPS) is 11.7. The van der Waals surface area contributed by atoms with E-state index in [2.05, 4.69) is 5.16 Å². The third kappa shape index (κ3) is 6.99. The van der Waals surface area contributed by atoms with E-state index in [1.54, 1.807) is 13.0 Å². The number of nitrogens with zero attached hydrogens (tertiary/aromatic N) is 1. The van der Waals surface area contributed by atoms with Crippen molar-refractivity contribution in [1.29, 1.82) is 0 Å².